The van der Waals surface area contributed by atoms with Crippen LogP contribution in [0, 0.1) is 19.3 Å². The monoisotopic (exact) mass is 328 g/mol. The first kappa shape index (κ1) is 17.4. The number of aryl methyl sites for hydroxylation is 1. The summed E-state index contributed by atoms with van der Waals surface area (Å²) < 4.78 is 19.0. The number of anilines is 1. The third-order valence-corrected chi connectivity index (χ3v) is 3.36. The first-order chi connectivity index (χ1) is 11.3. The topological polar surface area (TPSA) is 62.9 Å². The number of hydrogen-bond acceptors (Lipinski definition) is 3. The smallest absolute Gasteiger partial charge is 0.259 e. The van der Waals surface area contributed by atoms with Gasteiger partial charge in [0.25, 0.3) is 5.91 Å². The highest BCUT2D eigenvalue weighted by Crippen LogP contribution is 2.22. The maximum absolute atomic E-state index is 13.5. The Morgan fingerprint density at radius 3 is 2.58 bits per heavy atom. The van der Waals surface area contributed by atoms with Crippen LogP contribution in [0.1, 0.15) is 12.5 Å². The van der Waals surface area contributed by atoms with Crippen LogP contribution >= 0.6 is 0 Å². The molecular weight excluding hydrogens is 311 g/mol. The van der Waals surface area contributed by atoms with Crippen LogP contribution in [0.5, 0.6) is 5.75 Å². The van der Waals surface area contributed by atoms with Gasteiger partial charge in [-0.3, -0.25) is 4.79 Å². The summed E-state index contributed by atoms with van der Waals surface area (Å²) >= 11 is 0. The molecule has 0 bridgehead atoms. The van der Waals surface area contributed by atoms with Crippen molar-refractivity contribution in [3.05, 3.63) is 65.3 Å². The lowest BCUT2D eigenvalue weighted by Gasteiger charge is -2.22. The van der Waals surface area contributed by atoms with Gasteiger partial charge in [-0.2, -0.15) is 0 Å². The molecule has 5 nitrogen and oxygen atoms in total. The second-order valence-electron chi connectivity index (χ2n) is 5.61. The molecule has 0 heterocycles. The van der Waals surface area contributed by atoms with Gasteiger partial charge in [0.05, 0.1) is 6.57 Å². The highest BCUT2D eigenvalue weighted by molar-refractivity contribution is 5.97. The van der Waals surface area contributed by atoms with Crippen molar-refractivity contribution in [3.63, 3.8) is 0 Å². The second kappa shape index (κ2) is 7.11. The Hall–Kier alpha value is -2.91. The molecule has 0 unspecified atom stereocenters. The van der Waals surface area contributed by atoms with Crippen LogP contribution in [0.3, 0.4) is 0 Å². The molecule has 0 aliphatic heterocycles. The molecule has 2 N–H and O–H groups in total. The predicted octanol–water partition coefficient (Wildman–Crippen LogP) is 3.45. The van der Waals surface area contributed by atoms with Gasteiger partial charge in [0.2, 0.25) is 5.69 Å². The van der Waals surface area contributed by atoms with Gasteiger partial charge in [0.15, 0.2) is 5.60 Å². The van der Waals surface area contributed by atoms with E-state index in [1.807, 2.05) is 19.1 Å². The van der Waals surface area contributed by atoms with E-state index in [2.05, 4.69) is 10.2 Å². The van der Waals surface area contributed by atoms with E-state index in [-0.39, 0.29) is 18.0 Å². The number of ether oxygens (including phenoxy) is 1. The molecule has 24 heavy (non-hydrogen) atoms. The van der Waals surface area contributed by atoms with E-state index in [4.69, 9.17) is 11.3 Å². The molecule has 0 aromatic heterocycles. The van der Waals surface area contributed by atoms with Crippen molar-refractivity contribution in [1.29, 1.82) is 0 Å². The van der Waals surface area contributed by atoms with Crippen molar-refractivity contribution < 1.29 is 19.0 Å². The lowest BCUT2D eigenvalue weighted by molar-refractivity contribution is -0.135. The van der Waals surface area contributed by atoms with Crippen LogP contribution in [0.15, 0.2) is 42.5 Å². The zero-order chi connectivity index (χ0) is 17.7. The first-order valence-electron chi connectivity index (χ1n) is 7.22. The molecule has 0 saturated heterocycles. The third-order valence-electron chi connectivity index (χ3n) is 3.36. The Morgan fingerprint density at radius 1 is 1.33 bits per heavy atom. The summed E-state index contributed by atoms with van der Waals surface area (Å²) in [4.78, 5) is 15.2. The molecular formula is C18H17FN2O3. The zero-order valence-electron chi connectivity index (χ0n) is 13.3. The summed E-state index contributed by atoms with van der Waals surface area (Å²) in [6.45, 7) is 9.77. The number of halogens is 1. The lowest BCUT2D eigenvalue weighted by Crippen LogP contribution is -2.45. The van der Waals surface area contributed by atoms with Gasteiger partial charge >= 0.3 is 0 Å². The number of carbonyl (C=O) groups is 1. The quantitative estimate of drug-likeness (QED) is 0.826. The minimum Gasteiger partial charge on any atom is -0.490 e. The van der Waals surface area contributed by atoms with Gasteiger partial charge in [-0.15, -0.1) is 0 Å². The number of rotatable bonds is 5. The number of hydrogen-bond donors (Lipinski definition) is 2. The minimum atomic E-state index is -1.81. The Kier molecular flexibility index (Phi) is 5.17. The predicted molar refractivity (Wildman–Crippen MR) is 88.6 cm³/mol. The summed E-state index contributed by atoms with van der Waals surface area (Å²) in [5.41, 5.74) is -0.723. The van der Waals surface area contributed by atoms with Gasteiger partial charge in [-0.25, -0.2) is 9.24 Å². The maximum Gasteiger partial charge on any atom is 0.259 e. The summed E-state index contributed by atoms with van der Waals surface area (Å²) in [5, 5.41) is 12.7. The third kappa shape index (κ3) is 4.31. The van der Waals surface area contributed by atoms with Crippen LogP contribution in [-0.4, -0.2) is 23.2 Å². The van der Waals surface area contributed by atoms with Gasteiger partial charge < -0.3 is 15.2 Å². The maximum atomic E-state index is 13.5. The molecule has 0 saturated carbocycles. The highest BCUT2D eigenvalue weighted by Gasteiger charge is 2.31. The summed E-state index contributed by atoms with van der Waals surface area (Å²) in [6, 6.07) is 10.9. The van der Waals surface area contributed by atoms with E-state index in [0.29, 0.717) is 5.75 Å². The number of carbonyl (C=O) groups excluding carboxylic acids is 1. The average Bonchev–Trinajstić information content (AvgIpc) is 2.54. The normalized spacial score (nSPS) is 12.8. The van der Waals surface area contributed by atoms with E-state index in [1.165, 1.54) is 19.1 Å². The fourth-order valence-corrected chi connectivity index (χ4v) is 1.86. The molecule has 0 radical (unpaired) electrons. The van der Waals surface area contributed by atoms with Crippen molar-refractivity contribution in [1.82, 2.24) is 0 Å². The number of nitrogens with one attached hydrogen (secondary N) is 1. The second-order valence-corrected chi connectivity index (χ2v) is 5.61. The van der Waals surface area contributed by atoms with E-state index >= 15 is 0 Å². The van der Waals surface area contributed by atoms with Crippen LogP contribution in [-0.2, 0) is 4.79 Å². The van der Waals surface area contributed by atoms with E-state index < -0.39 is 17.3 Å². The van der Waals surface area contributed by atoms with Crippen molar-refractivity contribution in [3.8, 4) is 5.75 Å². The largest absolute Gasteiger partial charge is 0.490 e. The van der Waals surface area contributed by atoms with Gasteiger partial charge in [0, 0.05) is 5.69 Å². The molecule has 2 rings (SSSR count). The van der Waals surface area contributed by atoms with Crippen LogP contribution in [0.4, 0.5) is 15.8 Å². The molecule has 124 valence electrons. The minimum absolute atomic E-state index is 0.137. The molecule has 0 spiro atoms. The molecule has 1 amide bonds. The molecule has 0 aliphatic carbocycles. The Balaban J connectivity index is 2.00. The molecule has 0 fully saturated rings. The number of aliphatic hydroxyl groups is 1. The van der Waals surface area contributed by atoms with E-state index in [0.717, 1.165) is 11.6 Å². The van der Waals surface area contributed by atoms with E-state index in [1.54, 1.807) is 12.1 Å². The summed E-state index contributed by atoms with van der Waals surface area (Å²) in [5.74, 6) is -0.941. The Bertz CT molecular complexity index is 780. The Morgan fingerprint density at radius 2 is 2.00 bits per heavy atom. The first-order valence-corrected chi connectivity index (χ1v) is 7.22. The molecule has 2 aromatic carbocycles. The lowest BCUT2D eigenvalue weighted by atomic mass is 10.1. The summed E-state index contributed by atoms with van der Waals surface area (Å²) in [7, 11) is 0. The summed E-state index contributed by atoms with van der Waals surface area (Å²) in [6.07, 6.45) is 0. The van der Waals surface area contributed by atoms with Crippen molar-refractivity contribution >= 4 is 17.3 Å². The standard InChI is InChI=1S/C18H17FN2O3/c1-12-4-7-14(8-5-12)24-11-18(2,23)17(22)21-13-6-9-16(20-3)15(19)10-13/h4-10,23H,11H2,1-2H3,(H,21,22)/t18-/m0/s1. The fraction of sp³-hybridized carbons (Fsp3) is 0.222. The molecule has 0 aliphatic rings. The number of benzene rings is 2. The average molecular weight is 328 g/mol. The van der Waals surface area contributed by atoms with Crippen LogP contribution < -0.4 is 10.1 Å². The highest BCUT2D eigenvalue weighted by atomic mass is 19.1. The van der Waals surface area contributed by atoms with Gasteiger partial charge in [-0.05, 0) is 38.1 Å². The number of amides is 1. The van der Waals surface area contributed by atoms with Crippen molar-refractivity contribution in [2.75, 3.05) is 11.9 Å². The van der Waals surface area contributed by atoms with Gasteiger partial charge in [-0.1, -0.05) is 23.8 Å². The fourth-order valence-electron chi connectivity index (χ4n) is 1.86. The van der Waals surface area contributed by atoms with Crippen molar-refractivity contribution in [2.24, 2.45) is 0 Å². The van der Waals surface area contributed by atoms with Gasteiger partial charge in [0.1, 0.15) is 18.2 Å². The van der Waals surface area contributed by atoms with Crippen LogP contribution in [0.25, 0.3) is 4.85 Å². The molecule has 1 atom stereocenters. The zero-order valence-corrected chi connectivity index (χ0v) is 13.3. The van der Waals surface area contributed by atoms with Crippen LogP contribution in [0.2, 0.25) is 0 Å². The molecule has 6 heteroatoms. The van der Waals surface area contributed by atoms with Crippen molar-refractivity contribution in [2.45, 2.75) is 19.4 Å². The Labute approximate surface area is 139 Å². The number of nitrogens with zero attached hydrogens (tertiary/aromatic N) is 1. The van der Waals surface area contributed by atoms with E-state index in [9.17, 15) is 14.3 Å². The SMILES string of the molecule is [C-]#[N+]c1ccc(NC(=O)[C@@](C)(O)COc2ccc(C)cc2)cc1F. The molecule has 2 aromatic rings.